The van der Waals surface area contributed by atoms with E-state index in [4.69, 9.17) is 14.9 Å². The van der Waals surface area contributed by atoms with Gasteiger partial charge in [-0.3, -0.25) is 9.69 Å². The molecule has 0 saturated carbocycles. The smallest absolute Gasteiger partial charge is 0.298 e. The fraction of sp³-hybridized carbons (Fsp3) is 0.467. The summed E-state index contributed by atoms with van der Waals surface area (Å²) in [5.41, 5.74) is 6.93. The number of piperazine rings is 1. The molecule has 2 saturated heterocycles. The van der Waals surface area contributed by atoms with Crippen molar-refractivity contribution >= 4 is 23.0 Å². The molecule has 4 rings (SSSR count). The number of rotatable bonds is 3. The molecule has 2 fully saturated rings. The van der Waals surface area contributed by atoms with Crippen LogP contribution in [0.25, 0.3) is 11.1 Å². The number of oxazole rings is 1. The molecule has 2 aliphatic rings. The van der Waals surface area contributed by atoms with Crippen LogP contribution in [0.15, 0.2) is 22.6 Å². The van der Waals surface area contributed by atoms with Crippen LogP contribution in [0.4, 0.5) is 6.01 Å². The molecule has 22 heavy (non-hydrogen) atoms. The molecule has 7 heteroatoms. The highest BCUT2D eigenvalue weighted by molar-refractivity contribution is 6.03. The van der Waals surface area contributed by atoms with E-state index in [0.29, 0.717) is 28.7 Å². The molecule has 1 amide bonds. The number of ether oxygens (including phenoxy) is 1. The predicted octanol–water partition coefficient (Wildman–Crippen LogP) is 0.447. The van der Waals surface area contributed by atoms with Crippen LogP contribution < -0.4 is 10.6 Å². The van der Waals surface area contributed by atoms with E-state index in [2.05, 4.69) is 14.8 Å². The van der Waals surface area contributed by atoms with Gasteiger partial charge in [0.1, 0.15) is 5.52 Å². The van der Waals surface area contributed by atoms with Crippen molar-refractivity contribution in [1.29, 1.82) is 0 Å². The molecule has 7 nitrogen and oxygen atoms in total. The number of fused-ring (bicyclic) bond motifs is 1. The van der Waals surface area contributed by atoms with E-state index < -0.39 is 5.91 Å². The zero-order valence-corrected chi connectivity index (χ0v) is 12.2. The Morgan fingerprint density at radius 3 is 2.64 bits per heavy atom. The van der Waals surface area contributed by atoms with Crippen molar-refractivity contribution in [2.24, 2.45) is 5.73 Å². The molecule has 2 aromatic rings. The molecule has 3 heterocycles. The summed E-state index contributed by atoms with van der Waals surface area (Å²) >= 11 is 0. The van der Waals surface area contributed by atoms with E-state index in [0.717, 1.165) is 39.4 Å². The van der Waals surface area contributed by atoms with Crippen molar-refractivity contribution in [2.45, 2.75) is 6.04 Å². The predicted molar refractivity (Wildman–Crippen MR) is 80.9 cm³/mol. The maximum Gasteiger partial charge on any atom is 0.298 e. The molecule has 0 bridgehead atoms. The number of para-hydroxylation sites is 1. The highest BCUT2D eigenvalue weighted by Gasteiger charge is 2.30. The number of amides is 1. The minimum Gasteiger partial charge on any atom is -0.423 e. The Morgan fingerprint density at radius 1 is 1.23 bits per heavy atom. The van der Waals surface area contributed by atoms with Gasteiger partial charge in [0.05, 0.1) is 24.8 Å². The topological polar surface area (TPSA) is 84.8 Å². The van der Waals surface area contributed by atoms with Crippen LogP contribution in [-0.2, 0) is 4.74 Å². The Morgan fingerprint density at radius 2 is 2.00 bits per heavy atom. The molecule has 1 aromatic carbocycles. The fourth-order valence-corrected chi connectivity index (χ4v) is 2.98. The Hall–Kier alpha value is -2.12. The van der Waals surface area contributed by atoms with Crippen LogP contribution in [0.3, 0.4) is 0 Å². The highest BCUT2D eigenvalue weighted by Crippen LogP contribution is 2.26. The molecule has 0 atom stereocenters. The van der Waals surface area contributed by atoms with Crippen LogP contribution in [0.2, 0.25) is 0 Å². The number of carbonyl (C=O) groups is 1. The van der Waals surface area contributed by atoms with Crippen molar-refractivity contribution < 1.29 is 13.9 Å². The number of carbonyl (C=O) groups excluding carboxylic acids is 1. The molecule has 2 N–H and O–H groups in total. The van der Waals surface area contributed by atoms with Crippen LogP contribution in [0, 0.1) is 0 Å². The van der Waals surface area contributed by atoms with Crippen LogP contribution in [0.5, 0.6) is 0 Å². The van der Waals surface area contributed by atoms with Crippen molar-refractivity contribution in [3.63, 3.8) is 0 Å². The van der Waals surface area contributed by atoms with Crippen LogP contribution in [-0.4, -0.2) is 61.2 Å². The second kappa shape index (κ2) is 5.26. The SMILES string of the molecule is NC(=O)c1cccc2oc(N3CCN(C4COC4)CC3)nc12. The zero-order chi connectivity index (χ0) is 15.1. The lowest BCUT2D eigenvalue weighted by Gasteiger charge is -2.42. The molecule has 0 unspecified atom stereocenters. The number of nitrogens with two attached hydrogens (primary N) is 1. The molecule has 0 spiro atoms. The van der Waals surface area contributed by atoms with E-state index >= 15 is 0 Å². The van der Waals surface area contributed by atoms with Gasteiger partial charge in [-0.1, -0.05) is 6.07 Å². The first kappa shape index (κ1) is 13.5. The van der Waals surface area contributed by atoms with Gasteiger partial charge in [-0.25, -0.2) is 0 Å². The highest BCUT2D eigenvalue weighted by atomic mass is 16.5. The summed E-state index contributed by atoms with van der Waals surface area (Å²) in [5.74, 6) is -0.486. The monoisotopic (exact) mass is 302 g/mol. The van der Waals surface area contributed by atoms with Crippen molar-refractivity contribution in [3.05, 3.63) is 23.8 Å². The summed E-state index contributed by atoms with van der Waals surface area (Å²) in [6, 6.07) is 6.36. The quantitative estimate of drug-likeness (QED) is 0.886. The average Bonchev–Trinajstić information content (AvgIpc) is 2.89. The number of anilines is 1. The molecular formula is C15H18N4O3. The van der Waals surface area contributed by atoms with E-state index in [1.54, 1.807) is 18.2 Å². The first-order chi connectivity index (χ1) is 10.7. The van der Waals surface area contributed by atoms with E-state index in [1.807, 2.05) is 0 Å². The van der Waals surface area contributed by atoms with Gasteiger partial charge >= 0.3 is 0 Å². The number of hydrogen-bond donors (Lipinski definition) is 1. The minimum absolute atomic E-state index is 0.401. The maximum absolute atomic E-state index is 11.5. The summed E-state index contributed by atoms with van der Waals surface area (Å²) in [4.78, 5) is 20.5. The molecular weight excluding hydrogens is 284 g/mol. The van der Waals surface area contributed by atoms with Gasteiger partial charge in [-0.05, 0) is 12.1 Å². The summed E-state index contributed by atoms with van der Waals surface area (Å²) < 4.78 is 11.0. The largest absolute Gasteiger partial charge is 0.423 e. The van der Waals surface area contributed by atoms with Crippen LogP contribution in [0.1, 0.15) is 10.4 Å². The van der Waals surface area contributed by atoms with Gasteiger partial charge in [0, 0.05) is 26.2 Å². The lowest BCUT2D eigenvalue weighted by molar-refractivity contribution is -0.0662. The van der Waals surface area contributed by atoms with Gasteiger partial charge in [0.15, 0.2) is 5.58 Å². The first-order valence-corrected chi connectivity index (χ1v) is 7.48. The van der Waals surface area contributed by atoms with Crippen LogP contribution >= 0.6 is 0 Å². The van der Waals surface area contributed by atoms with Gasteiger partial charge in [0.2, 0.25) is 0 Å². The minimum atomic E-state index is -0.486. The molecule has 0 radical (unpaired) electrons. The van der Waals surface area contributed by atoms with Gasteiger partial charge in [0.25, 0.3) is 11.9 Å². The van der Waals surface area contributed by atoms with E-state index in [9.17, 15) is 4.79 Å². The summed E-state index contributed by atoms with van der Waals surface area (Å²) in [5, 5.41) is 0. The summed E-state index contributed by atoms with van der Waals surface area (Å²) in [6.45, 7) is 5.32. The van der Waals surface area contributed by atoms with Gasteiger partial charge < -0.3 is 19.8 Å². The number of hydrogen-bond acceptors (Lipinski definition) is 6. The number of aromatic nitrogens is 1. The maximum atomic E-state index is 11.5. The molecule has 2 aliphatic heterocycles. The lowest BCUT2D eigenvalue weighted by Crippen LogP contribution is -2.56. The van der Waals surface area contributed by atoms with Gasteiger partial charge in [-0.2, -0.15) is 4.98 Å². The lowest BCUT2D eigenvalue weighted by atomic mass is 10.2. The number of benzene rings is 1. The third kappa shape index (κ3) is 2.22. The zero-order valence-electron chi connectivity index (χ0n) is 12.2. The Kier molecular flexibility index (Phi) is 3.24. The van der Waals surface area contributed by atoms with Gasteiger partial charge in [-0.15, -0.1) is 0 Å². The third-order valence-electron chi connectivity index (χ3n) is 4.39. The van der Waals surface area contributed by atoms with E-state index in [1.165, 1.54) is 0 Å². The Bertz CT molecular complexity index is 702. The molecule has 116 valence electrons. The molecule has 1 aromatic heterocycles. The average molecular weight is 302 g/mol. The second-order valence-corrected chi connectivity index (χ2v) is 5.73. The normalized spacial score (nSPS) is 20.3. The van der Waals surface area contributed by atoms with Crippen molar-refractivity contribution in [1.82, 2.24) is 9.88 Å². The fourth-order valence-electron chi connectivity index (χ4n) is 2.98. The standard InChI is InChI=1S/C15H18N4O3/c16-14(20)11-2-1-3-12-13(11)17-15(22-12)19-6-4-18(5-7-19)10-8-21-9-10/h1-3,10H,4-9H2,(H2,16,20). The van der Waals surface area contributed by atoms with Crippen molar-refractivity contribution in [2.75, 3.05) is 44.3 Å². The van der Waals surface area contributed by atoms with E-state index in [-0.39, 0.29) is 0 Å². The third-order valence-corrected chi connectivity index (χ3v) is 4.39. The Labute approximate surface area is 127 Å². The van der Waals surface area contributed by atoms with Crippen molar-refractivity contribution in [3.8, 4) is 0 Å². The molecule has 0 aliphatic carbocycles. The Balaban J connectivity index is 1.54. The summed E-state index contributed by atoms with van der Waals surface area (Å²) in [7, 11) is 0. The summed E-state index contributed by atoms with van der Waals surface area (Å²) in [6.07, 6.45) is 0. The second-order valence-electron chi connectivity index (χ2n) is 5.73. The number of primary amides is 1. The first-order valence-electron chi connectivity index (χ1n) is 7.48. The number of nitrogens with zero attached hydrogens (tertiary/aromatic N) is 3.